The van der Waals surface area contributed by atoms with E-state index in [2.05, 4.69) is 25.1 Å². The quantitative estimate of drug-likeness (QED) is 0.574. The predicted molar refractivity (Wildman–Crippen MR) is 68.7 cm³/mol. The summed E-state index contributed by atoms with van der Waals surface area (Å²) in [6, 6.07) is 0. The first-order valence-electron chi connectivity index (χ1n) is 5.43. The smallest absolute Gasteiger partial charge is 0.408 e. The van der Waals surface area contributed by atoms with Crippen LogP contribution >= 0.6 is 0 Å². The molecule has 1 N–H and O–H groups in total. The fourth-order valence-electron chi connectivity index (χ4n) is 1.98. The topological polar surface area (TPSA) is 21.3 Å². The van der Waals surface area contributed by atoms with Crippen LogP contribution in [0.25, 0.3) is 0 Å². The van der Waals surface area contributed by atoms with E-state index in [9.17, 15) is 0 Å². The maximum atomic E-state index is 5.94. The zero-order chi connectivity index (χ0) is 11.7. The second kappa shape index (κ2) is 4.09. The van der Waals surface area contributed by atoms with Gasteiger partial charge in [-0.05, 0) is 30.7 Å². The molecule has 0 aromatic rings. The maximum Gasteiger partial charge on any atom is 0.408 e. The van der Waals surface area contributed by atoms with E-state index < -0.39 is 0 Å². The van der Waals surface area contributed by atoms with Crippen LogP contribution in [0.2, 0.25) is 0 Å². The van der Waals surface area contributed by atoms with Crippen LogP contribution in [-0.4, -0.2) is 12.9 Å². The molecule has 0 spiro atoms. The molecule has 0 radical (unpaired) electrons. The molecule has 1 unspecified atom stereocenters. The Bertz CT molecular complexity index is 420. The van der Waals surface area contributed by atoms with Gasteiger partial charge in [-0.15, -0.1) is 0 Å². The Labute approximate surface area is 97.2 Å². The van der Waals surface area contributed by atoms with Crippen LogP contribution in [0.15, 0.2) is 60.5 Å². The van der Waals surface area contributed by atoms with E-state index in [1.165, 1.54) is 0 Å². The van der Waals surface area contributed by atoms with E-state index >= 15 is 0 Å². The summed E-state index contributed by atoms with van der Waals surface area (Å²) in [4.78, 5) is 0. The van der Waals surface area contributed by atoms with Crippen molar-refractivity contribution in [3.8, 4) is 0 Å². The van der Waals surface area contributed by atoms with Crippen LogP contribution in [0.4, 0.5) is 0 Å². The number of hydrogen-bond acceptors (Lipinski definition) is 2. The lowest BCUT2D eigenvalue weighted by Crippen LogP contribution is -2.40. The standard InChI is InChI=1S/C13H16BNO/c1-5-11-8-12-14(6-7-15-12)16-13(11)10(4)9(2)3/h5-7,12,15H,1-2,4,8H2,3H3. The molecule has 2 heterocycles. The largest absolute Gasteiger partial charge is 0.554 e. The summed E-state index contributed by atoms with van der Waals surface area (Å²) in [5.41, 5.74) is 2.90. The first-order valence-corrected chi connectivity index (χ1v) is 5.43. The highest BCUT2D eigenvalue weighted by molar-refractivity contribution is 6.61. The molecule has 0 saturated heterocycles. The third-order valence-corrected chi connectivity index (χ3v) is 3.01. The van der Waals surface area contributed by atoms with Gasteiger partial charge in [0.1, 0.15) is 5.76 Å². The Morgan fingerprint density at radius 2 is 2.38 bits per heavy atom. The Balaban J connectivity index is 2.31. The van der Waals surface area contributed by atoms with E-state index in [1.807, 2.05) is 25.2 Å². The van der Waals surface area contributed by atoms with Crippen molar-refractivity contribution in [2.45, 2.75) is 19.3 Å². The summed E-state index contributed by atoms with van der Waals surface area (Å²) in [6.45, 7) is 13.8. The molecule has 0 aromatic heterocycles. The molecule has 82 valence electrons. The summed E-state index contributed by atoms with van der Waals surface area (Å²) < 4.78 is 5.94. The summed E-state index contributed by atoms with van der Waals surface area (Å²) in [7, 11) is 0. The van der Waals surface area contributed by atoms with Gasteiger partial charge in [0.05, 0.1) is 5.94 Å². The lowest BCUT2D eigenvalue weighted by atomic mass is 9.58. The highest BCUT2D eigenvalue weighted by Crippen LogP contribution is 2.31. The lowest BCUT2D eigenvalue weighted by molar-refractivity contribution is 0.411. The van der Waals surface area contributed by atoms with Crippen molar-refractivity contribution in [3.63, 3.8) is 0 Å². The zero-order valence-corrected chi connectivity index (χ0v) is 9.62. The summed E-state index contributed by atoms with van der Waals surface area (Å²) in [6.07, 6.45) is 4.71. The van der Waals surface area contributed by atoms with Crippen molar-refractivity contribution in [1.29, 1.82) is 0 Å². The molecule has 0 aromatic carbocycles. The van der Waals surface area contributed by atoms with Gasteiger partial charge in [-0.3, -0.25) is 0 Å². The van der Waals surface area contributed by atoms with Gasteiger partial charge in [-0.1, -0.05) is 31.8 Å². The van der Waals surface area contributed by atoms with Gasteiger partial charge in [0, 0.05) is 5.57 Å². The van der Waals surface area contributed by atoms with Crippen LogP contribution in [0.1, 0.15) is 13.3 Å². The third-order valence-electron chi connectivity index (χ3n) is 3.01. The first kappa shape index (κ1) is 10.9. The highest BCUT2D eigenvalue weighted by atomic mass is 16.4. The average Bonchev–Trinajstić information content (AvgIpc) is 2.72. The molecule has 2 rings (SSSR count). The van der Waals surface area contributed by atoms with Gasteiger partial charge in [0.2, 0.25) is 0 Å². The van der Waals surface area contributed by atoms with E-state index in [-0.39, 0.29) is 6.92 Å². The lowest BCUT2D eigenvalue weighted by Gasteiger charge is -2.29. The summed E-state index contributed by atoms with van der Waals surface area (Å²) in [5.74, 6) is 3.21. The summed E-state index contributed by atoms with van der Waals surface area (Å²) >= 11 is 0. The van der Waals surface area contributed by atoms with Crippen molar-refractivity contribution >= 4 is 6.92 Å². The van der Waals surface area contributed by atoms with Crippen LogP contribution < -0.4 is 5.32 Å². The van der Waals surface area contributed by atoms with Gasteiger partial charge in [-0.25, -0.2) is 0 Å². The third kappa shape index (κ3) is 1.73. The molecule has 0 aliphatic carbocycles. The Kier molecular flexibility index (Phi) is 2.78. The second-order valence-corrected chi connectivity index (χ2v) is 4.24. The normalized spacial score (nSPS) is 22.3. The van der Waals surface area contributed by atoms with E-state index in [0.29, 0.717) is 5.94 Å². The van der Waals surface area contributed by atoms with Gasteiger partial charge in [-0.2, -0.15) is 0 Å². The van der Waals surface area contributed by atoms with Gasteiger partial charge < -0.3 is 9.97 Å². The molecule has 2 aliphatic heterocycles. The Hall–Kier alpha value is -1.64. The van der Waals surface area contributed by atoms with Crippen molar-refractivity contribution in [1.82, 2.24) is 5.32 Å². The number of rotatable bonds is 3. The SMILES string of the molecule is C=CC1=C(C(=C)C(=C)C)OB2C=CNC2C1. The highest BCUT2D eigenvalue weighted by Gasteiger charge is 2.36. The van der Waals surface area contributed by atoms with Crippen molar-refractivity contribution < 1.29 is 4.65 Å². The van der Waals surface area contributed by atoms with Crippen LogP contribution in [0.3, 0.4) is 0 Å². The molecule has 3 heteroatoms. The molecule has 2 nitrogen and oxygen atoms in total. The molecule has 1 atom stereocenters. The average molecular weight is 213 g/mol. The summed E-state index contributed by atoms with van der Waals surface area (Å²) in [5, 5.41) is 3.27. The predicted octanol–water partition coefficient (Wildman–Crippen LogP) is 2.53. The van der Waals surface area contributed by atoms with Crippen LogP contribution in [0.5, 0.6) is 0 Å². The molecular weight excluding hydrogens is 197 g/mol. The molecule has 16 heavy (non-hydrogen) atoms. The van der Waals surface area contributed by atoms with Crippen molar-refractivity contribution in [3.05, 3.63) is 60.5 Å². The second-order valence-electron chi connectivity index (χ2n) is 4.24. The van der Waals surface area contributed by atoms with Crippen LogP contribution in [-0.2, 0) is 4.65 Å². The molecule has 0 saturated carbocycles. The number of allylic oxidation sites excluding steroid dienone is 2. The fourth-order valence-corrected chi connectivity index (χ4v) is 1.98. The molecule has 0 fully saturated rings. The fraction of sp³-hybridized carbons (Fsp3) is 0.231. The number of hydrogen-bond donors (Lipinski definition) is 1. The van der Waals surface area contributed by atoms with Gasteiger partial charge in [0.25, 0.3) is 0 Å². The molecule has 0 bridgehead atoms. The van der Waals surface area contributed by atoms with Crippen molar-refractivity contribution in [2.75, 3.05) is 0 Å². The minimum atomic E-state index is 0.106. The minimum Gasteiger partial charge on any atom is -0.554 e. The van der Waals surface area contributed by atoms with Gasteiger partial charge in [0.15, 0.2) is 0 Å². The number of nitrogens with one attached hydrogen (secondary N) is 1. The maximum absolute atomic E-state index is 5.94. The Morgan fingerprint density at radius 3 is 3.00 bits per heavy atom. The molecule has 0 amide bonds. The molecule has 2 aliphatic rings. The minimum absolute atomic E-state index is 0.106. The number of fused-ring (bicyclic) bond motifs is 1. The van der Waals surface area contributed by atoms with Crippen molar-refractivity contribution in [2.24, 2.45) is 0 Å². The van der Waals surface area contributed by atoms with E-state index in [4.69, 9.17) is 4.65 Å². The van der Waals surface area contributed by atoms with E-state index in [0.717, 1.165) is 28.9 Å². The molecular formula is C13H16BNO. The van der Waals surface area contributed by atoms with E-state index in [1.54, 1.807) is 0 Å². The zero-order valence-electron chi connectivity index (χ0n) is 9.62. The monoisotopic (exact) mass is 213 g/mol. The van der Waals surface area contributed by atoms with Gasteiger partial charge >= 0.3 is 6.92 Å². The Morgan fingerprint density at radius 1 is 1.62 bits per heavy atom. The van der Waals surface area contributed by atoms with Crippen LogP contribution in [0, 0.1) is 0 Å². The first-order chi connectivity index (χ1) is 7.63.